The average Bonchev–Trinajstić information content (AvgIpc) is 3.52. The van der Waals surface area contributed by atoms with Crippen LogP contribution in [0, 0.1) is 41.4 Å². The van der Waals surface area contributed by atoms with Gasteiger partial charge in [-0.25, -0.2) is 30.4 Å². The maximum Gasteiger partial charge on any atom is 0.249 e. The molecule has 3 nitrogen and oxygen atoms in total. The summed E-state index contributed by atoms with van der Waals surface area (Å²) in [5, 5.41) is 0. The number of nitrogens with zero attached hydrogens (tertiary/aromatic N) is 1. The Labute approximate surface area is 165 Å². The molecule has 1 saturated carbocycles. The van der Waals surface area contributed by atoms with E-state index >= 15 is 0 Å². The number of hydrogen-bond donors (Lipinski definition) is 0. The van der Waals surface area contributed by atoms with Gasteiger partial charge in [0.15, 0.2) is 28.2 Å². The third-order valence-electron chi connectivity index (χ3n) is 4.58. The lowest BCUT2D eigenvalue weighted by Gasteiger charge is -2.23. The Kier molecular flexibility index (Phi) is 5.96. The van der Waals surface area contributed by atoms with Crippen LogP contribution in [0.4, 0.5) is 22.0 Å². The highest BCUT2D eigenvalue weighted by atomic mass is 32.2. The topological polar surface area (TPSA) is 37.4 Å². The zero-order valence-corrected chi connectivity index (χ0v) is 15.9. The number of terminal acetylenes is 1. The predicted octanol–water partition coefficient (Wildman–Crippen LogP) is 4.30. The Hall–Kier alpha value is -2.44. The van der Waals surface area contributed by atoms with Crippen molar-refractivity contribution in [3.63, 3.8) is 0 Å². The number of rotatable bonds is 7. The summed E-state index contributed by atoms with van der Waals surface area (Å²) in [5.41, 5.74) is 1.35. The normalized spacial score (nSPS) is 14.2. The molecule has 1 fully saturated rings. The minimum atomic E-state index is -4.98. The molecule has 3 rings (SSSR count). The van der Waals surface area contributed by atoms with Gasteiger partial charge in [-0.3, -0.25) is 0 Å². The molecule has 154 valence electrons. The Balaban J connectivity index is 2.02. The fourth-order valence-corrected chi connectivity index (χ4v) is 4.77. The molecule has 0 radical (unpaired) electrons. The summed E-state index contributed by atoms with van der Waals surface area (Å²) in [6.07, 6.45) is 7.10. The van der Waals surface area contributed by atoms with Gasteiger partial charge in [-0.1, -0.05) is 24.3 Å². The van der Waals surface area contributed by atoms with Gasteiger partial charge in [0.1, 0.15) is 0 Å². The molecule has 0 aliphatic heterocycles. The standard InChI is InChI=1S/C20H16F5NO2S/c1-2-3-5-12-6-4-7-13(10-12)11-26(14-8-9-14)29(27,28)20-18(24)16(22)15(21)17(23)19(20)25/h1,4,6-7,10,14H,3,5,8-9,11H2. The quantitative estimate of drug-likeness (QED) is 0.285. The van der Waals surface area contributed by atoms with Crippen molar-refractivity contribution in [2.75, 3.05) is 0 Å². The first kappa shape index (κ1) is 21.3. The largest absolute Gasteiger partial charge is 0.249 e. The molecule has 1 aliphatic rings. The lowest BCUT2D eigenvalue weighted by atomic mass is 10.1. The highest BCUT2D eigenvalue weighted by Crippen LogP contribution is 2.36. The molecule has 0 bridgehead atoms. The number of benzene rings is 2. The highest BCUT2D eigenvalue weighted by Gasteiger charge is 2.43. The van der Waals surface area contributed by atoms with Crippen molar-refractivity contribution >= 4 is 10.0 Å². The summed E-state index contributed by atoms with van der Waals surface area (Å²) in [4.78, 5) is -1.83. The second-order valence-corrected chi connectivity index (χ2v) is 8.53. The van der Waals surface area contributed by atoms with Gasteiger partial charge < -0.3 is 0 Å². The monoisotopic (exact) mass is 429 g/mol. The van der Waals surface area contributed by atoms with Crippen molar-refractivity contribution in [2.24, 2.45) is 0 Å². The van der Waals surface area contributed by atoms with E-state index in [0.29, 0.717) is 31.2 Å². The van der Waals surface area contributed by atoms with Crippen LogP contribution < -0.4 is 0 Å². The lowest BCUT2D eigenvalue weighted by Crippen LogP contribution is -2.34. The molecule has 0 unspecified atom stereocenters. The van der Waals surface area contributed by atoms with Crippen LogP contribution in [0.2, 0.25) is 0 Å². The van der Waals surface area contributed by atoms with Crippen LogP contribution in [0.1, 0.15) is 30.4 Å². The minimum Gasteiger partial charge on any atom is -0.207 e. The smallest absolute Gasteiger partial charge is 0.207 e. The number of aryl methyl sites for hydroxylation is 1. The van der Waals surface area contributed by atoms with Gasteiger partial charge >= 0.3 is 0 Å². The van der Waals surface area contributed by atoms with Gasteiger partial charge in [-0.2, -0.15) is 4.31 Å². The number of halogens is 5. The van der Waals surface area contributed by atoms with E-state index in [-0.39, 0.29) is 6.54 Å². The molecule has 0 saturated heterocycles. The zero-order valence-electron chi connectivity index (χ0n) is 15.1. The molecule has 0 atom stereocenters. The second-order valence-electron chi connectivity index (χ2n) is 6.70. The Morgan fingerprint density at radius 1 is 0.966 bits per heavy atom. The molecule has 1 aliphatic carbocycles. The SMILES string of the molecule is C#CCCc1cccc(CN(C2CC2)S(=O)(=O)c2c(F)c(F)c(F)c(F)c2F)c1. The van der Waals surface area contributed by atoms with Crippen LogP contribution in [-0.4, -0.2) is 18.8 Å². The molecule has 9 heteroatoms. The van der Waals surface area contributed by atoms with E-state index < -0.39 is 50.0 Å². The summed E-state index contributed by atoms with van der Waals surface area (Å²) < 4.78 is 95.3. The maximum absolute atomic E-state index is 14.1. The third-order valence-corrected chi connectivity index (χ3v) is 6.50. The Bertz CT molecular complexity index is 1060. The zero-order chi connectivity index (χ0) is 21.3. The van der Waals surface area contributed by atoms with Crippen LogP contribution >= 0.6 is 0 Å². The van der Waals surface area contributed by atoms with Crippen molar-refractivity contribution < 1.29 is 30.4 Å². The van der Waals surface area contributed by atoms with Crippen molar-refractivity contribution in [2.45, 2.75) is 43.2 Å². The van der Waals surface area contributed by atoms with E-state index in [0.717, 1.165) is 9.87 Å². The van der Waals surface area contributed by atoms with Gasteiger partial charge in [-0.15, -0.1) is 12.3 Å². The fourth-order valence-electron chi connectivity index (χ4n) is 2.98. The average molecular weight is 429 g/mol. The summed E-state index contributed by atoms with van der Waals surface area (Å²) in [7, 11) is -4.98. The van der Waals surface area contributed by atoms with E-state index in [9.17, 15) is 30.4 Å². The molecule has 2 aromatic rings. The fraction of sp³-hybridized carbons (Fsp3) is 0.300. The van der Waals surface area contributed by atoms with E-state index in [2.05, 4.69) is 5.92 Å². The first-order chi connectivity index (χ1) is 13.7. The molecular formula is C20H16F5NO2S. The molecule has 0 amide bonds. The summed E-state index contributed by atoms with van der Waals surface area (Å²) in [6.45, 7) is -0.267. The van der Waals surface area contributed by atoms with Crippen LogP contribution in [0.5, 0.6) is 0 Å². The lowest BCUT2D eigenvalue weighted by molar-refractivity contribution is 0.346. The molecule has 0 spiro atoms. The molecule has 0 N–H and O–H groups in total. The second kappa shape index (κ2) is 8.13. The van der Waals surface area contributed by atoms with Gasteiger partial charge in [-0.05, 0) is 30.4 Å². The van der Waals surface area contributed by atoms with Crippen molar-refractivity contribution in [3.05, 3.63) is 64.5 Å². The van der Waals surface area contributed by atoms with E-state index in [1.165, 1.54) is 0 Å². The third kappa shape index (κ3) is 4.14. The molecule has 29 heavy (non-hydrogen) atoms. The van der Waals surface area contributed by atoms with Gasteiger partial charge in [0.05, 0.1) is 0 Å². The van der Waals surface area contributed by atoms with Gasteiger partial charge in [0.25, 0.3) is 0 Å². The van der Waals surface area contributed by atoms with E-state index in [4.69, 9.17) is 6.42 Å². The summed E-state index contributed by atoms with van der Waals surface area (Å²) >= 11 is 0. The van der Waals surface area contributed by atoms with Crippen LogP contribution in [0.25, 0.3) is 0 Å². The Morgan fingerprint density at radius 3 is 2.07 bits per heavy atom. The molecule has 0 heterocycles. The maximum atomic E-state index is 14.1. The number of hydrogen-bond acceptors (Lipinski definition) is 2. The summed E-state index contributed by atoms with van der Waals surface area (Å²) in [6, 6.07) is 6.20. The highest BCUT2D eigenvalue weighted by molar-refractivity contribution is 7.89. The first-order valence-electron chi connectivity index (χ1n) is 8.73. The van der Waals surface area contributed by atoms with Crippen molar-refractivity contribution in [1.82, 2.24) is 4.31 Å². The molecule has 0 aromatic heterocycles. The van der Waals surface area contributed by atoms with Gasteiger partial charge in [0.2, 0.25) is 15.8 Å². The van der Waals surface area contributed by atoms with E-state index in [1.54, 1.807) is 24.3 Å². The molecular weight excluding hydrogens is 413 g/mol. The van der Waals surface area contributed by atoms with Crippen molar-refractivity contribution in [3.8, 4) is 12.3 Å². The van der Waals surface area contributed by atoms with Crippen LogP contribution in [-0.2, 0) is 23.0 Å². The first-order valence-corrected chi connectivity index (χ1v) is 10.2. The van der Waals surface area contributed by atoms with E-state index in [1.807, 2.05) is 0 Å². The Morgan fingerprint density at radius 2 is 1.52 bits per heavy atom. The van der Waals surface area contributed by atoms with Crippen LogP contribution in [0.15, 0.2) is 29.2 Å². The van der Waals surface area contributed by atoms with Gasteiger partial charge in [0, 0.05) is 19.0 Å². The molecule has 2 aromatic carbocycles. The predicted molar refractivity (Wildman–Crippen MR) is 95.6 cm³/mol. The van der Waals surface area contributed by atoms with Crippen molar-refractivity contribution in [1.29, 1.82) is 0 Å². The van der Waals surface area contributed by atoms with Crippen LogP contribution in [0.3, 0.4) is 0 Å². The number of sulfonamides is 1. The summed E-state index contributed by atoms with van der Waals surface area (Å²) in [5.74, 6) is -9.24. The minimum absolute atomic E-state index is 0.267.